The van der Waals surface area contributed by atoms with Crippen molar-refractivity contribution in [3.8, 4) is 0 Å². The maximum atomic E-state index is 12.1. The minimum absolute atomic E-state index is 0.0567. The molecule has 0 saturated heterocycles. The van der Waals surface area contributed by atoms with Crippen LogP contribution in [-0.2, 0) is 9.84 Å². The van der Waals surface area contributed by atoms with Crippen LogP contribution in [0.4, 0.5) is 0 Å². The number of carboxylic acid groups (broad SMARTS) is 1. The molecule has 0 aliphatic rings. The van der Waals surface area contributed by atoms with Crippen molar-refractivity contribution in [1.29, 1.82) is 0 Å². The fourth-order valence-corrected chi connectivity index (χ4v) is 3.90. The summed E-state index contributed by atoms with van der Waals surface area (Å²) in [5.74, 6) is -1.15. The van der Waals surface area contributed by atoms with Crippen molar-refractivity contribution in [1.82, 2.24) is 0 Å². The summed E-state index contributed by atoms with van der Waals surface area (Å²) in [5.41, 5.74) is -0.269. The van der Waals surface area contributed by atoms with Gasteiger partial charge in [-0.1, -0.05) is 37.0 Å². The van der Waals surface area contributed by atoms with E-state index in [0.29, 0.717) is 6.42 Å². The fourth-order valence-electron chi connectivity index (χ4n) is 1.43. The molecule has 0 aromatic heterocycles. The molecule has 0 aliphatic carbocycles. The highest BCUT2D eigenvalue weighted by Gasteiger charge is 2.22. The Kier molecular flexibility index (Phi) is 5.24. The lowest BCUT2D eigenvalue weighted by molar-refractivity contribution is 0.0697. The molecule has 19 heavy (non-hydrogen) atoms. The lowest BCUT2D eigenvalue weighted by Crippen LogP contribution is -2.11. The topological polar surface area (TPSA) is 71.4 Å². The molecule has 0 spiro atoms. The second-order valence-corrected chi connectivity index (χ2v) is 7.46. The molecular weight excluding hydrogens is 311 g/mol. The van der Waals surface area contributed by atoms with Gasteiger partial charge in [0, 0.05) is 0 Å². The van der Waals surface area contributed by atoms with Crippen LogP contribution in [0.15, 0.2) is 17.0 Å². The smallest absolute Gasteiger partial charge is 0.337 e. The Morgan fingerprint density at radius 2 is 1.84 bits per heavy atom. The van der Waals surface area contributed by atoms with E-state index in [2.05, 4.69) is 0 Å². The molecule has 106 valence electrons. The van der Waals surface area contributed by atoms with Gasteiger partial charge in [-0.25, -0.2) is 13.2 Å². The molecule has 7 heteroatoms. The van der Waals surface area contributed by atoms with Crippen molar-refractivity contribution in [2.45, 2.75) is 25.2 Å². The summed E-state index contributed by atoms with van der Waals surface area (Å²) in [6.45, 7) is 3.81. The number of hydrogen-bond acceptors (Lipinski definition) is 3. The van der Waals surface area contributed by atoms with Crippen LogP contribution in [0.25, 0.3) is 0 Å². The number of aromatic carboxylic acids is 1. The molecular formula is C12H14Cl2O4S. The van der Waals surface area contributed by atoms with E-state index in [4.69, 9.17) is 28.3 Å². The summed E-state index contributed by atoms with van der Waals surface area (Å²) in [4.78, 5) is 10.8. The van der Waals surface area contributed by atoms with Gasteiger partial charge >= 0.3 is 5.97 Å². The standard InChI is InChI=1S/C12H14Cl2O4S/c1-7(2)3-4-19(17,18)11-5-8(12(15)16)9(13)6-10(11)14/h5-7H,3-4H2,1-2H3,(H,15,16). The van der Waals surface area contributed by atoms with Crippen LogP contribution in [0, 0.1) is 5.92 Å². The van der Waals surface area contributed by atoms with Gasteiger partial charge < -0.3 is 5.11 Å². The Labute approximate surface area is 122 Å². The summed E-state index contributed by atoms with van der Waals surface area (Å²) < 4.78 is 24.2. The SMILES string of the molecule is CC(C)CCS(=O)(=O)c1cc(C(=O)O)c(Cl)cc1Cl. The van der Waals surface area contributed by atoms with Gasteiger partial charge in [0.25, 0.3) is 0 Å². The van der Waals surface area contributed by atoms with Gasteiger partial charge in [0.05, 0.1) is 26.3 Å². The Morgan fingerprint density at radius 3 is 2.32 bits per heavy atom. The van der Waals surface area contributed by atoms with Gasteiger partial charge in [-0.3, -0.25) is 0 Å². The van der Waals surface area contributed by atoms with E-state index >= 15 is 0 Å². The number of halogens is 2. The van der Waals surface area contributed by atoms with Crippen LogP contribution in [0.2, 0.25) is 10.0 Å². The highest BCUT2D eigenvalue weighted by Crippen LogP contribution is 2.30. The third-order valence-electron chi connectivity index (χ3n) is 2.55. The van der Waals surface area contributed by atoms with Gasteiger partial charge in [-0.05, 0) is 24.5 Å². The predicted molar refractivity (Wildman–Crippen MR) is 74.9 cm³/mol. The van der Waals surface area contributed by atoms with Gasteiger partial charge in [-0.2, -0.15) is 0 Å². The van der Waals surface area contributed by atoms with Crippen molar-refractivity contribution in [3.63, 3.8) is 0 Å². The van der Waals surface area contributed by atoms with Crippen LogP contribution in [0.5, 0.6) is 0 Å². The summed E-state index contributed by atoms with van der Waals surface area (Å²) >= 11 is 11.6. The Balaban J connectivity index is 3.27. The molecule has 0 radical (unpaired) electrons. The predicted octanol–water partition coefficient (Wildman–Crippen LogP) is 3.51. The van der Waals surface area contributed by atoms with Crippen molar-refractivity contribution in [2.75, 3.05) is 5.75 Å². The molecule has 1 aromatic carbocycles. The first-order valence-corrected chi connectivity index (χ1v) is 8.01. The van der Waals surface area contributed by atoms with Gasteiger partial charge in [0.1, 0.15) is 0 Å². The van der Waals surface area contributed by atoms with Crippen LogP contribution >= 0.6 is 23.2 Å². The largest absolute Gasteiger partial charge is 0.478 e. The summed E-state index contributed by atoms with van der Waals surface area (Å²) in [6, 6.07) is 2.16. The molecule has 0 saturated carbocycles. The molecule has 0 heterocycles. The first-order chi connectivity index (χ1) is 8.65. The minimum Gasteiger partial charge on any atom is -0.478 e. The van der Waals surface area contributed by atoms with E-state index in [1.165, 1.54) is 0 Å². The third-order valence-corrected chi connectivity index (χ3v) is 5.07. The highest BCUT2D eigenvalue weighted by atomic mass is 35.5. The molecule has 0 unspecified atom stereocenters. The van der Waals surface area contributed by atoms with Crippen LogP contribution < -0.4 is 0 Å². The maximum absolute atomic E-state index is 12.1. The highest BCUT2D eigenvalue weighted by molar-refractivity contribution is 7.91. The second kappa shape index (κ2) is 6.11. The fraction of sp³-hybridized carbons (Fsp3) is 0.417. The van der Waals surface area contributed by atoms with E-state index in [1.54, 1.807) is 0 Å². The first-order valence-electron chi connectivity index (χ1n) is 5.60. The van der Waals surface area contributed by atoms with E-state index in [1.807, 2.05) is 13.8 Å². The van der Waals surface area contributed by atoms with E-state index < -0.39 is 15.8 Å². The number of sulfone groups is 1. The van der Waals surface area contributed by atoms with Crippen LogP contribution in [-0.4, -0.2) is 25.2 Å². The van der Waals surface area contributed by atoms with Crippen molar-refractivity contribution >= 4 is 39.0 Å². The second-order valence-electron chi connectivity index (χ2n) is 4.57. The third kappa shape index (κ3) is 4.09. The minimum atomic E-state index is -3.61. The summed E-state index contributed by atoms with van der Waals surface area (Å²) in [7, 11) is -3.61. The summed E-state index contributed by atoms with van der Waals surface area (Å²) in [5, 5.41) is 8.80. The molecule has 0 aliphatic heterocycles. The average Bonchev–Trinajstić information content (AvgIpc) is 2.25. The average molecular weight is 325 g/mol. The molecule has 4 nitrogen and oxygen atoms in total. The van der Waals surface area contributed by atoms with Gasteiger partial charge in [0.2, 0.25) is 0 Å². The zero-order valence-corrected chi connectivity index (χ0v) is 12.8. The lowest BCUT2D eigenvalue weighted by atomic mass is 10.2. The Bertz CT molecular complexity index is 594. The normalized spacial score (nSPS) is 11.8. The molecule has 1 aromatic rings. The lowest BCUT2D eigenvalue weighted by Gasteiger charge is -2.10. The van der Waals surface area contributed by atoms with E-state index in [9.17, 15) is 13.2 Å². The molecule has 1 N–H and O–H groups in total. The van der Waals surface area contributed by atoms with E-state index in [-0.39, 0.29) is 32.2 Å². The maximum Gasteiger partial charge on any atom is 0.337 e. The Morgan fingerprint density at radius 1 is 1.26 bits per heavy atom. The summed E-state index contributed by atoms with van der Waals surface area (Å²) in [6.07, 6.45) is 0.476. The quantitative estimate of drug-likeness (QED) is 0.899. The number of carbonyl (C=O) groups is 1. The molecule has 0 atom stereocenters. The Hall–Kier alpha value is -0.780. The van der Waals surface area contributed by atoms with Crippen molar-refractivity contribution in [2.24, 2.45) is 5.92 Å². The van der Waals surface area contributed by atoms with E-state index in [0.717, 1.165) is 12.1 Å². The number of hydrogen-bond donors (Lipinski definition) is 1. The van der Waals surface area contributed by atoms with Crippen LogP contribution in [0.3, 0.4) is 0 Å². The van der Waals surface area contributed by atoms with Gasteiger partial charge in [0.15, 0.2) is 9.84 Å². The molecule has 0 bridgehead atoms. The molecule has 1 rings (SSSR count). The molecule has 0 fully saturated rings. The monoisotopic (exact) mass is 324 g/mol. The number of benzene rings is 1. The zero-order valence-electron chi connectivity index (χ0n) is 10.5. The van der Waals surface area contributed by atoms with Crippen molar-refractivity contribution < 1.29 is 18.3 Å². The van der Waals surface area contributed by atoms with Gasteiger partial charge in [-0.15, -0.1) is 0 Å². The number of carboxylic acids is 1. The zero-order chi connectivity index (χ0) is 14.8. The van der Waals surface area contributed by atoms with Crippen LogP contribution in [0.1, 0.15) is 30.6 Å². The molecule has 0 amide bonds. The number of rotatable bonds is 5. The first kappa shape index (κ1) is 16.3. The van der Waals surface area contributed by atoms with Crippen molar-refractivity contribution in [3.05, 3.63) is 27.7 Å².